The van der Waals surface area contributed by atoms with E-state index in [1.54, 1.807) is 16.8 Å². The Balaban J connectivity index is 1.73. The van der Waals surface area contributed by atoms with Crippen LogP contribution in [0.3, 0.4) is 0 Å². The van der Waals surface area contributed by atoms with Gasteiger partial charge in [-0.05, 0) is 65.1 Å². The zero-order valence-corrected chi connectivity index (χ0v) is 21.4. The number of hydrogen-bond donors (Lipinski definition) is 0. The minimum Gasteiger partial charge on any atom is -0.618 e. The van der Waals surface area contributed by atoms with Gasteiger partial charge in [0.25, 0.3) is 0 Å². The summed E-state index contributed by atoms with van der Waals surface area (Å²) in [6.07, 6.45) is 3.59. The van der Waals surface area contributed by atoms with Crippen molar-refractivity contribution in [2.24, 2.45) is 0 Å². The lowest BCUT2D eigenvalue weighted by molar-refractivity contribution is -0.592. The number of benzene rings is 1. The highest BCUT2D eigenvalue weighted by Crippen LogP contribution is 2.46. The zero-order chi connectivity index (χ0) is 22.3. The molecule has 1 fully saturated rings. The van der Waals surface area contributed by atoms with Crippen LogP contribution < -0.4 is 9.47 Å². The van der Waals surface area contributed by atoms with Gasteiger partial charge in [-0.3, -0.25) is 0 Å². The number of methoxy groups -OCH3 is 1. The molecule has 0 bridgehead atoms. The number of rotatable bonds is 8. The van der Waals surface area contributed by atoms with Crippen molar-refractivity contribution in [2.45, 2.75) is 51.2 Å². The molecule has 0 aliphatic heterocycles. The summed E-state index contributed by atoms with van der Waals surface area (Å²) < 4.78 is 28.9. The molecule has 1 aliphatic carbocycles. The molecule has 0 radical (unpaired) electrons. The lowest BCUT2D eigenvalue weighted by Gasteiger charge is -2.15. The largest absolute Gasteiger partial charge is 0.618 e. The lowest BCUT2D eigenvalue weighted by atomic mass is 9.99. The van der Waals surface area contributed by atoms with E-state index in [9.17, 15) is 9.60 Å². The number of ether oxygens (including phenoxy) is 2. The van der Waals surface area contributed by atoms with Gasteiger partial charge in [-0.2, -0.15) is 9.83 Å². The number of hydrogen-bond acceptors (Lipinski definition) is 4. The van der Waals surface area contributed by atoms with Crippen molar-refractivity contribution < 1.29 is 18.6 Å². The molecule has 166 valence electrons. The van der Waals surface area contributed by atoms with Crippen LogP contribution in [-0.2, 0) is 11.5 Å². The highest BCUT2D eigenvalue weighted by molar-refractivity contribution is 14.1. The first-order chi connectivity index (χ1) is 14.7. The third-order valence-corrected chi connectivity index (χ3v) is 8.07. The first kappa shape index (κ1) is 22.5. The molecule has 0 N–H and O–H groups in total. The summed E-state index contributed by atoms with van der Waals surface area (Å²) in [7, 11) is 0.280. The van der Waals surface area contributed by atoms with Crippen molar-refractivity contribution in [3.8, 4) is 17.0 Å². The summed E-state index contributed by atoms with van der Waals surface area (Å²) >= 11 is 2.13. The van der Waals surface area contributed by atoms with Crippen molar-refractivity contribution in [1.82, 2.24) is 9.78 Å². The Bertz CT molecular complexity index is 1130. The summed E-state index contributed by atoms with van der Waals surface area (Å²) in [5, 5.41) is 18.2. The number of pyridine rings is 1. The topological polar surface area (TPSA) is 63.2 Å². The molecule has 31 heavy (non-hydrogen) atoms. The van der Waals surface area contributed by atoms with Crippen molar-refractivity contribution in [1.29, 1.82) is 0 Å². The molecule has 1 aromatic carbocycles. The minimum absolute atomic E-state index is 0.208. The predicted octanol–water partition coefficient (Wildman–Crippen LogP) is 5.28. The molecule has 1 aliphatic rings. The van der Waals surface area contributed by atoms with Crippen LogP contribution in [-0.4, -0.2) is 31.6 Å². The molecule has 0 unspecified atom stereocenters. The van der Waals surface area contributed by atoms with E-state index in [0.29, 0.717) is 30.5 Å². The molecule has 0 spiro atoms. The van der Waals surface area contributed by atoms with Crippen LogP contribution >= 0.6 is 22.6 Å². The van der Waals surface area contributed by atoms with Crippen molar-refractivity contribution in [3.63, 3.8) is 0 Å². The van der Waals surface area contributed by atoms with Gasteiger partial charge in [-0.25, -0.2) is 9.07 Å². The van der Waals surface area contributed by atoms with E-state index in [4.69, 9.17) is 9.47 Å². The molecular weight excluding hydrogens is 528 g/mol. The fourth-order valence-electron chi connectivity index (χ4n) is 3.61. The maximum Gasteiger partial charge on any atom is 0.226 e. The summed E-state index contributed by atoms with van der Waals surface area (Å²) in [6, 6.07) is 6.02. The third kappa shape index (κ3) is 4.88. The maximum absolute atomic E-state index is 14.6. The highest BCUT2D eigenvalue weighted by Gasteiger charge is 2.31. The van der Waals surface area contributed by atoms with Crippen molar-refractivity contribution in [3.05, 3.63) is 44.7 Å². The SMILES string of the molecule is COc1cc(C2CC2)c(-c2cc3c(c[n+]2[O-])c(I)nn3COCC[Si](C)(C)C)cc1F. The Hall–Kier alpha value is -1.72. The van der Waals surface area contributed by atoms with Gasteiger partial charge in [-0.15, -0.1) is 0 Å². The average Bonchev–Trinajstić information content (AvgIpc) is 3.50. The zero-order valence-electron chi connectivity index (χ0n) is 18.2. The van der Waals surface area contributed by atoms with Crippen molar-refractivity contribution in [2.75, 3.05) is 13.7 Å². The Morgan fingerprint density at radius 3 is 2.68 bits per heavy atom. The van der Waals surface area contributed by atoms with Crippen LogP contribution in [0.15, 0.2) is 24.4 Å². The van der Waals surface area contributed by atoms with E-state index in [2.05, 4.69) is 47.3 Å². The lowest BCUT2D eigenvalue weighted by Crippen LogP contribution is -2.29. The van der Waals surface area contributed by atoms with Crippen LogP contribution in [0, 0.1) is 14.7 Å². The van der Waals surface area contributed by atoms with E-state index >= 15 is 0 Å². The van der Waals surface area contributed by atoms with Crippen LogP contribution in [0.2, 0.25) is 25.7 Å². The van der Waals surface area contributed by atoms with Gasteiger partial charge in [-0.1, -0.05) is 19.6 Å². The van der Waals surface area contributed by atoms with Gasteiger partial charge in [0, 0.05) is 20.7 Å². The minimum atomic E-state index is -1.18. The van der Waals surface area contributed by atoms with Crippen LogP contribution in [0.4, 0.5) is 4.39 Å². The molecule has 0 amide bonds. The van der Waals surface area contributed by atoms with Gasteiger partial charge in [0.05, 0.1) is 23.6 Å². The van der Waals surface area contributed by atoms with E-state index in [0.717, 1.165) is 43.8 Å². The van der Waals surface area contributed by atoms with Crippen LogP contribution in [0.5, 0.6) is 5.75 Å². The van der Waals surface area contributed by atoms with E-state index < -0.39 is 13.9 Å². The second-order valence-electron chi connectivity index (χ2n) is 9.27. The van der Waals surface area contributed by atoms with E-state index in [1.807, 2.05) is 0 Å². The molecule has 3 aromatic rings. The van der Waals surface area contributed by atoms with Gasteiger partial charge < -0.3 is 14.7 Å². The molecule has 2 heterocycles. The summed E-state index contributed by atoms with van der Waals surface area (Å²) in [4.78, 5) is 0. The normalized spacial score (nSPS) is 14.4. The number of halogens is 2. The van der Waals surface area contributed by atoms with Crippen LogP contribution in [0.25, 0.3) is 22.2 Å². The summed E-state index contributed by atoms with van der Waals surface area (Å²) in [6.45, 7) is 7.94. The first-order valence-electron chi connectivity index (χ1n) is 10.4. The predicted molar refractivity (Wildman–Crippen MR) is 129 cm³/mol. The molecule has 2 aromatic heterocycles. The molecule has 0 saturated heterocycles. The fraction of sp³-hybridized carbons (Fsp3) is 0.455. The Morgan fingerprint density at radius 1 is 1.29 bits per heavy atom. The smallest absolute Gasteiger partial charge is 0.226 e. The molecule has 9 heteroatoms. The Labute approximate surface area is 196 Å². The molecule has 4 rings (SSSR count). The van der Waals surface area contributed by atoms with Crippen molar-refractivity contribution >= 4 is 41.6 Å². The number of nitrogens with zero attached hydrogens (tertiary/aromatic N) is 3. The Kier molecular flexibility index (Phi) is 6.28. The maximum atomic E-state index is 14.6. The molecule has 6 nitrogen and oxygen atoms in total. The second-order valence-corrected chi connectivity index (χ2v) is 15.9. The third-order valence-electron chi connectivity index (χ3n) is 5.57. The summed E-state index contributed by atoms with van der Waals surface area (Å²) in [5.74, 6) is 0.0643. The number of aromatic nitrogens is 3. The van der Waals surface area contributed by atoms with Gasteiger partial charge in [0.1, 0.15) is 10.4 Å². The van der Waals surface area contributed by atoms with Crippen LogP contribution in [0.1, 0.15) is 24.3 Å². The highest BCUT2D eigenvalue weighted by atomic mass is 127. The monoisotopic (exact) mass is 555 g/mol. The average molecular weight is 555 g/mol. The summed E-state index contributed by atoms with van der Waals surface area (Å²) in [5.41, 5.74) is 2.78. The molecular formula is C22H27FIN3O3Si. The standard InChI is InChI=1S/C22H27FIN3O3Si/c1-29-21-10-15(14-5-6-14)16(9-18(21)23)20-11-19-17(12-27(20)28)22(24)25-26(19)13-30-7-8-31(2,3)4/h9-12,14H,5-8,13H2,1-4H3. The first-order valence-corrected chi connectivity index (χ1v) is 15.2. The van der Waals surface area contributed by atoms with Gasteiger partial charge >= 0.3 is 0 Å². The van der Waals surface area contributed by atoms with E-state index in [-0.39, 0.29) is 5.75 Å². The fourth-order valence-corrected chi connectivity index (χ4v) is 5.05. The number of fused-ring (bicyclic) bond motifs is 1. The van der Waals surface area contributed by atoms with Gasteiger partial charge in [0.15, 0.2) is 17.8 Å². The van der Waals surface area contributed by atoms with Gasteiger partial charge in [0.2, 0.25) is 5.69 Å². The second kappa shape index (κ2) is 8.66. The quantitative estimate of drug-likeness (QED) is 0.125. The Morgan fingerprint density at radius 2 is 2.03 bits per heavy atom. The molecule has 1 saturated carbocycles. The molecule has 0 atom stereocenters. The van der Waals surface area contributed by atoms with E-state index in [1.165, 1.54) is 19.4 Å².